The third-order valence-electron chi connectivity index (χ3n) is 4.26. The molecule has 2 aromatic carbocycles. The van der Waals surface area contributed by atoms with Crippen molar-refractivity contribution in [3.05, 3.63) is 59.2 Å². The molecule has 0 saturated heterocycles. The number of sulfonamides is 1. The van der Waals surface area contributed by atoms with Gasteiger partial charge in [0, 0.05) is 12.6 Å². The summed E-state index contributed by atoms with van der Waals surface area (Å²) in [5.74, 6) is 0.885. The predicted octanol–water partition coefficient (Wildman–Crippen LogP) is 3.02. The Labute approximate surface area is 150 Å². The van der Waals surface area contributed by atoms with Crippen molar-refractivity contribution in [2.24, 2.45) is 5.14 Å². The third-order valence-corrected chi connectivity index (χ3v) is 5.19. The quantitative estimate of drug-likeness (QED) is 0.822. The fourth-order valence-electron chi connectivity index (χ4n) is 2.71. The van der Waals surface area contributed by atoms with Crippen molar-refractivity contribution in [2.45, 2.75) is 31.7 Å². The van der Waals surface area contributed by atoms with Crippen LogP contribution in [0.1, 0.15) is 29.7 Å². The highest BCUT2D eigenvalue weighted by atomic mass is 32.2. The Morgan fingerprint density at radius 3 is 2.16 bits per heavy atom. The third kappa shape index (κ3) is 5.56. The van der Waals surface area contributed by atoms with Gasteiger partial charge in [0.1, 0.15) is 12.4 Å². The molecule has 136 valence electrons. The number of benzene rings is 2. The van der Waals surface area contributed by atoms with Crippen molar-refractivity contribution < 1.29 is 13.2 Å². The molecular formula is C19H26N2O3S. The highest BCUT2D eigenvalue weighted by Crippen LogP contribution is 2.21. The van der Waals surface area contributed by atoms with Gasteiger partial charge in [-0.1, -0.05) is 18.2 Å². The van der Waals surface area contributed by atoms with Crippen LogP contribution >= 0.6 is 0 Å². The number of hydrogen-bond acceptors (Lipinski definition) is 4. The van der Waals surface area contributed by atoms with E-state index in [1.54, 1.807) is 24.3 Å². The maximum Gasteiger partial charge on any atom is 0.238 e. The minimum Gasteiger partial charge on any atom is -0.492 e. The number of hydrogen-bond donors (Lipinski definition) is 1. The van der Waals surface area contributed by atoms with E-state index in [0.29, 0.717) is 6.61 Å². The number of nitrogens with zero attached hydrogens (tertiary/aromatic N) is 1. The van der Waals surface area contributed by atoms with E-state index in [9.17, 15) is 8.42 Å². The van der Waals surface area contributed by atoms with Crippen molar-refractivity contribution in [1.82, 2.24) is 4.90 Å². The van der Waals surface area contributed by atoms with Gasteiger partial charge in [-0.05, 0) is 68.8 Å². The molecule has 0 aliphatic rings. The van der Waals surface area contributed by atoms with E-state index < -0.39 is 10.0 Å². The lowest BCUT2D eigenvalue weighted by Crippen LogP contribution is -2.27. The molecule has 0 saturated carbocycles. The Kier molecular flexibility index (Phi) is 6.21. The molecule has 1 atom stereocenters. The second kappa shape index (κ2) is 7.99. The SMILES string of the molecule is Cc1cc(C)cc(OCCN(C)[C@@H](C)c2ccc(S(N)(=O)=O)cc2)c1. The topological polar surface area (TPSA) is 72.6 Å². The first-order valence-electron chi connectivity index (χ1n) is 8.21. The average Bonchev–Trinajstić information content (AvgIpc) is 2.52. The van der Waals surface area contributed by atoms with Crippen molar-refractivity contribution >= 4 is 10.0 Å². The van der Waals surface area contributed by atoms with E-state index in [1.807, 2.05) is 19.2 Å². The number of nitrogens with two attached hydrogens (primary N) is 1. The van der Waals surface area contributed by atoms with Crippen LogP contribution in [-0.4, -0.2) is 33.5 Å². The average molecular weight is 362 g/mol. The van der Waals surface area contributed by atoms with Crippen molar-refractivity contribution in [1.29, 1.82) is 0 Å². The van der Waals surface area contributed by atoms with E-state index >= 15 is 0 Å². The van der Waals surface area contributed by atoms with Crippen LogP contribution < -0.4 is 9.88 Å². The fourth-order valence-corrected chi connectivity index (χ4v) is 3.22. The Morgan fingerprint density at radius 1 is 1.08 bits per heavy atom. The molecule has 0 aliphatic heterocycles. The summed E-state index contributed by atoms with van der Waals surface area (Å²) >= 11 is 0. The summed E-state index contributed by atoms with van der Waals surface area (Å²) < 4.78 is 28.5. The molecule has 6 heteroatoms. The maximum atomic E-state index is 11.3. The smallest absolute Gasteiger partial charge is 0.238 e. The first-order valence-corrected chi connectivity index (χ1v) is 9.75. The van der Waals surface area contributed by atoms with Gasteiger partial charge in [0.15, 0.2) is 0 Å². The Hall–Kier alpha value is -1.89. The molecule has 5 nitrogen and oxygen atoms in total. The molecular weight excluding hydrogens is 336 g/mol. The number of likely N-dealkylation sites (N-methyl/N-ethyl adjacent to an activating group) is 1. The highest BCUT2D eigenvalue weighted by molar-refractivity contribution is 7.89. The number of rotatable bonds is 7. The van der Waals surface area contributed by atoms with Crippen LogP contribution in [0.5, 0.6) is 5.75 Å². The molecule has 0 radical (unpaired) electrons. The van der Waals surface area contributed by atoms with Gasteiger partial charge in [0.05, 0.1) is 4.90 Å². The summed E-state index contributed by atoms with van der Waals surface area (Å²) in [5.41, 5.74) is 3.40. The zero-order valence-electron chi connectivity index (χ0n) is 15.2. The molecule has 0 fully saturated rings. The van der Waals surface area contributed by atoms with Crippen molar-refractivity contribution in [2.75, 3.05) is 20.2 Å². The van der Waals surface area contributed by atoms with Gasteiger partial charge in [0.25, 0.3) is 0 Å². The highest BCUT2D eigenvalue weighted by Gasteiger charge is 2.13. The normalized spacial score (nSPS) is 13.0. The first kappa shape index (κ1) is 19.4. The molecule has 2 rings (SSSR count). The van der Waals surface area contributed by atoms with Gasteiger partial charge >= 0.3 is 0 Å². The maximum absolute atomic E-state index is 11.3. The van der Waals surface area contributed by atoms with Crippen LogP contribution in [0.15, 0.2) is 47.4 Å². The van der Waals surface area contributed by atoms with E-state index in [4.69, 9.17) is 9.88 Å². The standard InChI is InChI=1S/C19H26N2O3S/c1-14-11-15(2)13-18(12-14)24-10-9-21(4)16(3)17-5-7-19(8-6-17)25(20,22)23/h5-8,11-13,16H,9-10H2,1-4H3,(H2,20,22,23)/t16-/m0/s1. The summed E-state index contributed by atoms with van der Waals surface area (Å²) in [6.45, 7) is 7.52. The number of aryl methyl sites for hydroxylation is 2. The molecule has 0 aromatic heterocycles. The molecule has 0 spiro atoms. The monoisotopic (exact) mass is 362 g/mol. The van der Waals surface area contributed by atoms with E-state index in [0.717, 1.165) is 17.9 Å². The van der Waals surface area contributed by atoms with Crippen LogP contribution in [0.3, 0.4) is 0 Å². The minimum absolute atomic E-state index is 0.129. The summed E-state index contributed by atoms with van der Waals surface area (Å²) in [6, 6.07) is 13.0. The number of ether oxygens (including phenoxy) is 1. The van der Waals surface area contributed by atoms with E-state index in [1.165, 1.54) is 11.1 Å². The lowest BCUT2D eigenvalue weighted by atomic mass is 10.1. The first-order chi connectivity index (χ1) is 11.7. The summed E-state index contributed by atoms with van der Waals surface area (Å²) in [4.78, 5) is 2.29. The van der Waals surface area contributed by atoms with Gasteiger partial charge in [0.2, 0.25) is 10.0 Å². The van der Waals surface area contributed by atoms with E-state index in [-0.39, 0.29) is 10.9 Å². The molecule has 0 bridgehead atoms. The van der Waals surface area contributed by atoms with Crippen molar-refractivity contribution in [3.63, 3.8) is 0 Å². The summed E-state index contributed by atoms with van der Waals surface area (Å²) in [5, 5.41) is 5.13. The Bertz CT molecular complexity index is 797. The molecule has 2 N–H and O–H groups in total. The second-order valence-electron chi connectivity index (χ2n) is 6.44. The van der Waals surface area contributed by atoms with Crippen molar-refractivity contribution in [3.8, 4) is 5.75 Å². The molecule has 2 aromatic rings. The molecule has 0 unspecified atom stereocenters. The zero-order valence-corrected chi connectivity index (χ0v) is 16.0. The predicted molar refractivity (Wildman–Crippen MR) is 100 cm³/mol. The van der Waals surface area contributed by atoms with Gasteiger partial charge < -0.3 is 4.74 Å². The van der Waals surface area contributed by atoms with Gasteiger partial charge in [-0.15, -0.1) is 0 Å². The molecule has 0 heterocycles. The van der Waals surface area contributed by atoms with Crippen LogP contribution in [0, 0.1) is 13.8 Å². The van der Waals surface area contributed by atoms with E-state index in [2.05, 4.69) is 31.7 Å². The largest absolute Gasteiger partial charge is 0.492 e. The lowest BCUT2D eigenvalue weighted by Gasteiger charge is -2.25. The van der Waals surface area contributed by atoms with Gasteiger partial charge in [-0.25, -0.2) is 13.6 Å². The molecule has 0 aliphatic carbocycles. The summed E-state index contributed by atoms with van der Waals surface area (Å²) in [6.07, 6.45) is 0. The summed E-state index contributed by atoms with van der Waals surface area (Å²) in [7, 11) is -1.63. The fraction of sp³-hybridized carbons (Fsp3) is 0.368. The van der Waals surface area contributed by atoms with Crippen LogP contribution in [0.2, 0.25) is 0 Å². The molecule has 25 heavy (non-hydrogen) atoms. The van der Waals surface area contributed by atoms with Gasteiger partial charge in [-0.2, -0.15) is 0 Å². The van der Waals surface area contributed by atoms with Crippen LogP contribution in [0.25, 0.3) is 0 Å². The van der Waals surface area contributed by atoms with Gasteiger partial charge in [-0.3, -0.25) is 4.90 Å². The lowest BCUT2D eigenvalue weighted by molar-refractivity contribution is 0.201. The Morgan fingerprint density at radius 2 is 1.64 bits per heavy atom. The van der Waals surface area contributed by atoms with Crippen LogP contribution in [0.4, 0.5) is 0 Å². The minimum atomic E-state index is -3.65. The van der Waals surface area contributed by atoms with Crippen LogP contribution in [-0.2, 0) is 10.0 Å². The second-order valence-corrected chi connectivity index (χ2v) is 8.00. The zero-order chi connectivity index (χ0) is 18.6. The Balaban J connectivity index is 1.92. The molecule has 0 amide bonds. The number of primary sulfonamides is 1.